The molecule has 1 aliphatic heterocycles. The third-order valence-corrected chi connectivity index (χ3v) is 4.59. The van der Waals surface area contributed by atoms with E-state index in [1.54, 1.807) is 0 Å². The summed E-state index contributed by atoms with van der Waals surface area (Å²) in [5.74, 6) is 2.28. The molecule has 2 aromatic carbocycles. The van der Waals surface area contributed by atoms with Crippen molar-refractivity contribution in [2.45, 2.75) is 26.4 Å². The molecule has 1 aliphatic rings. The van der Waals surface area contributed by atoms with Crippen LogP contribution >= 0.6 is 0 Å². The number of benzene rings is 2. The highest BCUT2D eigenvalue weighted by molar-refractivity contribution is 5.88. The summed E-state index contributed by atoms with van der Waals surface area (Å²) in [6.45, 7) is 7.78. The van der Waals surface area contributed by atoms with E-state index < -0.39 is 6.10 Å². The summed E-state index contributed by atoms with van der Waals surface area (Å²) < 4.78 is 5.90. The number of rotatable bonds is 5. The van der Waals surface area contributed by atoms with Crippen LogP contribution in [0.15, 0.2) is 42.5 Å². The van der Waals surface area contributed by atoms with Gasteiger partial charge in [0.2, 0.25) is 0 Å². The van der Waals surface area contributed by atoms with E-state index in [1.165, 1.54) is 6.42 Å². The quantitative estimate of drug-likeness (QED) is 0.916. The molecule has 23 heavy (non-hydrogen) atoms. The second-order valence-corrected chi connectivity index (χ2v) is 7.11. The normalized spacial score (nSPS) is 23.8. The van der Waals surface area contributed by atoms with Gasteiger partial charge in [0, 0.05) is 25.0 Å². The molecule has 0 bridgehead atoms. The number of ether oxygens (including phenoxy) is 1. The zero-order valence-electron chi connectivity index (χ0n) is 14.1. The van der Waals surface area contributed by atoms with Crippen LogP contribution in [-0.2, 0) is 0 Å². The number of piperidine rings is 1. The fourth-order valence-corrected chi connectivity index (χ4v) is 3.80. The van der Waals surface area contributed by atoms with E-state index in [2.05, 4.69) is 36.9 Å². The third-order valence-electron chi connectivity index (χ3n) is 4.59. The molecule has 1 heterocycles. The molecule has 3 atom stereocenters. The van der Waals surface area contributed by atoms with Gasteiger partial charge in [-0.2, -0.15) is 0 Å². The van der Waals surface area contributed by atoms with Gasteiger partial charge in [0.15, 0.2) is 0 Å². The predicted molar refractivity (Wildman–Crippen MR) is 94.8 cm³/mol. The van der Waals surface area contributed by atoms with Gasteiger partial charge in [0.1, 0.15) is 18.5 Å². The zero-order chi connectivity index (χ0) is 16.2. The SMILES string of the molecule is C[C@@H]1C[C@@H](C)CN(C[C@H](O)COc2cccc3ccccc23)C1. The lowest BCUT2D eigenvalue weighted by atomic mass is 9.92. The van der Waals surface area contributed by atoms with Gasteiger partial charge in [-0.1, -0.05) is 50.2 Å². The van der Waals surface area contributed by atoms with E-state index in [0.717, 1.165) is 29.6 Å². The second-order valence-electron chi connectivity index (χ2n) is 7.11. The maximum atomic E-state index is 10.3. The molecule has 0 amide bonds. The van der Waals surface area contributed by atoms with Crippen LogP contribution in [-0.4, -0.2) is 42.4 Å². The van der Waals surface area contributed by atoms with E-state index >= 15 is 0 Å². The van der Waals surface area contributed by atoms with E-state index in [9.17, 15) is 5.11 Å². The molecule has 3 heteroatoms. The number of fused-ring (bicyclic) bond motifs is 1. The average Bonchev–Trinajstić information content (AvgIpc) is 2.52. The van der Waals surface area contributed by atoms with Crippen LogP contribution in [0.3, 0.4) is 0 Å². The Morgan fingerprint density at radius 3 is 2.57 bits per heavy atom. The Balaban J connectivity index is 1.57. The van der Waals surface area contributed by atoms with E-state index in [4.69, 9.17) is 4.74 Å². The number of nitrogens with zero attached hydrogens (tertiary/aromatic N) is 1. The first-order chi connectivity index (χ1) is 11.1. The van der Waals surface area contributed by atoms with Crippen LogP contribution in [0.25, 0.3) is 10.8 Å². The summed E-state index contributed by atoms with van der Waals surface area (Å²) in [6.07, 6.45) is 0.838. The maximum absolute atomic E-state index is 10.3. The van der Waals surface area contributed by atoms with Crippen molar-refractivity contribution in [1.29, 1.82) is 0 Å². The van der Waals surface area contributed by atoms with E-state index in [-0.39, 0.29) is 0 Å². The molecule has 124 valence electrons. The first kappa shape index (κ1) is 16.3. The fourth-order valence-electron chi connectivity index (χ4n) is 3.80. The number of aliphatic hydroxyl groups is 1. The van der Waals surface area contributed by atoms with Crippen LogP contribution in [0.4, 0.5) is 0 Å². The lowest BCUT2D eigenvalue weighted by Crippen LogP contribution is -2.44. The molecule has 1 N–H and O–H groups in total. The lowest BCUT2D eigenvalue weighted by molar-refractivity contribution is 0.0432. The summed E-state index contributed by atoms with van der Waals surface area (Å²) in [7, 11) is 0. The average molecular weight is 313 g/mol. The van der Waals surface area contributed by atoms with Gasteiger partial charge >= 0.3 is 0 Å². The molecule has 0 spiro atoms. The van der Waals surface area contributed by atoms with Crippen molar-refractivity contribution in [2.24, 2.45) is 11.8 Å². The smallest absolute Gasteiger partial charge is 0.127 e. The molecular weight excluding hydrogens is 286 g/mol. The van der Waals surface area contributed by atoms with Crippen molar-refractivity contribution in [3.8, 4) is 5.75 Å². The van der Waals surface area contributed by atoms with Crippen molar-refractivity contribution < 1.29 is 9.84 Å². The number of β-amino-alcohol motifs (C(OH)–C–C–N with tert-alkyl or cyclic N) is 1. The Morgan fingerprint density at radius 2 is 1.78 bits per heavy atom. The van der Waals surface area contributed by atoms with Crippen molar-refractivity contribution in [1.82, 2.24) is 4.90 Å². The molecule has 0 radical (unpaired) electrons. The van der Waals surface area contributed by atoms with Gasteiger partial charge in [0.05, 0.1) is 0 Å². The van der Waals surface area contributed by atoms with Crippen LogP contribution in [0, 0.1) is 11.8 Å². The predicted octanol–water partition coefficient (Wildman–Crippen LogP) is 3.56. The molecule has 1 fully saturated rings. The molecule has 0 aromatic heterocycles. The van der Waals surface area contributed by atoms with Crippen LogP contribution in [0.5, 0.6) is 5.75 Å². The highest BCUT2D eigenvalue weighted by atomic mass is 16.5. The Kier molecular flexibility index (Phi) is 5.19. The van der Waals surface area contributed by atoms with E-state index in [0.29, 0.717) is 25.0 Å². The van der Waals surface area contributed by atoms with Crippen molar-refractivity contribution in [3.05, 3.63) is 42.5 Å². The zero-order valence-corrected chi connectivity index (χ0v) is 14.1. The number of hydrogen-bond acceptors (Lipinski definition) is 3. The first-order valence-corrected chi connectivity index (χ1v) is 8.63. The van der Waals surface area contributed by atoms with Gasteiger partial charge in [0.25, 0.3) is 0 Å². The summed E-state index contributed by atoms with van der Waals surface area (Å²) in [5, 5.41) is 12.6. The largest absolute Gasteiger partial charge is 0.490 e. The monoisotopic (exact) mass is 313 g/mol. The van der Waals surface area contributed by atoms with Gasteiger partial charge in [-0.15, -0.1) is 0 Å². The van der Waals surface area contributed by atoms with Crippen LogP contribution in [0.2, 0.25) is 0 Å². The Morgan fingerprint density at radius 1 is 1.09 bits per heavy atom. The van der Waals surface area contributed by atoms with Gasteiger partial charge in [-0.25, -0.2) is 0 Å². The van der Waals surface area contributed by atoms with Crippen molar-refractivity contribution >= 4 is 10.8 Å². The van der Waals surface area contributed by atoms with Gasteiger partial charge < -0.3 is 14.7 Å². The second kappa shape index (κ2) is 7.33. The molecule has 2 aromatic rings. The fraction of sp³-hybridized carbons (Fsp3) is 0.500. The van der Waals surface area contributed by atoms with Crippen LogP contribution in [0.1, 0.15) is 20.3 Å². The van der Waals surface area contributed by atoms with Crippen molar-refractivity contribution in [2.75, 3.05) is 26.2 Å². The molecule has 0 aliphatic carbocycles. The minimum atomic E-state index is -0.452. The third kappa shape index (κ3) is 4.24. The summed E-state index contributed by atoms with van der Waals surface area (Å²) in [6, 6.07) is 14.2. The number of likely N-dealkylation sites (tertiary alicyclic amines) is 1. The molecule has 0 saturated carbocycles. The number of aliphatic hydroxyl groups excluding tert-OH is 1. The Labute approximate surface area is 138 Å². The van der Waals surface area contributed by atoms with Crippen molar-refractivity contribution in [3.63, 3.8) is 0 Å². The molecule has 3 nitrogen and oxygen atoms in total. The minimum Gasteiger partial charge on any atom is -0.490 e. The summed E-state index contributed by atoms with van der Waals surface area (Å²) >= 11 is 0. The molecule has 3 rings (SSSR count). The van der Waals surface area contributed by atoms with Gasteiger partial charge in [-0.05, 0) is 29.7 Å². The Hall–Kier alpha value is -1.58. The van der Waals surface area contributed by atoms with E-state index in [1.807, 2.05) is 24.3 Å². The summed E-state index contributed by atoms with van der Waals surface area (Å²) in [5.41, 5.74) is 0. The summed E-state index contributed by atoms with van der Waals surface area (Å²) in [4.78, 5) is 2.37. The van der Waals surface area contributed by atoms with Crippen LogP contribution < -0.4 is 4.74 Å². The number of hydrogen-bond donors (Lipinski definition) is 1. The Bertz CT molecular complexity index is 627. The molecular formula is C20H27NO2. The lowest BCUT2D eigenvalue weighted by Gasteiger charge is -2.35. The molecule has 1 saturated heterocycles. The highest BCUT2D eigenvalue weighted by Gasteiger charge is 2.23. The van der Waals surface area contributed by atoms with Gasteiger partial charge in [-0.3, -0.25) is 0 Å². The molecule has 0 unspecified atom stereocenters. The standard InChI is InChI=1S/C20H27NO2/c1-15-10-16(2)12-21(11-15)13-18(22)14-23-20-9-5-7-17-6-3-4-8-19(17)20/h3-9,15-16,18,22H,10-14H2,1-2H3/t15-,16-,18+/m1/s1. The first-order valence-electron chi connectivity index (χ1n) is 8.63. The highest BCUT2D eigenvalue weighted by Crippen LogP contribution is 2.25. The maximum Gasteiger partial charge on any atom is 0.127 e. The minimum absolute atomic E-state index is 0.341. The topological polar surface area (TPSA) is 32.7 Å².